The Kier molecular flexibility index (Phi) is 28.7. The van der Waals surface area contributed by atoms with E-state index in [0.29, 0.717) is 0 Å². The van der Waals surface area contributed by atoms with E-state index >= 15 is 0 Å². The first-order valence-corrected chi connectivity index (χ1v) is 50.7. The minimum absolute atomic E-state index is 0.186. The Morgan fingerprint density at radius 3 is 0.679 bits per heavy atom. The van der Waals surface area contributed by atoms with Crippen LogP contribution in [-0.2, 0) is 10.8 Å². The predicted octanol–water partition coefficient (Wildman–Crippen LogP) is 36.2. The summed E-state index contributed by atoms with van der Waals surface area (Å²) in [5, 5.41) is 20.6. The molecule has 0 saturated carbocycles. The van der Waals surface area contributed by atoms with Gasteiger partial charge >= 0.3 is 0 Å². The fourth-order valence-corrected chi connectivity index (χ4v) is 22.9. The normalized spacial score (nSPS) is 11.3. The molecule has 0 fully saturated rings. The topological polar surface area (TPSA) is 0 Å². The molecule has 0 aromatic heterocycles. The van der Waals surface area contributed by atoms with Crippen LogP contribution in [0.5, 0.6) is 0 Å². The number of rotatable bonds is 11. The summed E-state index contributed by atoms with van der Waals surface area (Å²) in [5.41, 5.74) is 32.4. The van der Waals surface area contributed by atoms with E-state index in [0.717, 1.165) is 0 Å². The highest BCUT2D eigenvalue weighted by atomic mass is 28.3. The van der Waals surface area contributed by atoms with Gasteiger partial charge in [-0.15, -0.1) is 0 Å². The first kappa shape index (κ1) is 93.4. The van der Waals surface area contributed by atoms with Gasteiger partial charge < -0.3 is 0 Å². The largest absolute Gasteiger partial charge is 0.145 e. The Morgan fingerprint density at radius 2 is 0.358 bits per heavy atom. The average molecular weight is 1780 g/mol. The number of aryl methyl sites for hydroxylation is 7. The van der Waals surface area contributed by atoms with Crippen molar-refractivity contribution in [3.63, 3.8) is 0 Å². The standard InChI is InChI=1S/C31H24.C27H32.C21H20.C19H18Si.2C19H14/c1-23-18-30(28-16-8-14-26(20-28)24-10-4-2-5-11-24)22-31(19-23)29-17-9-15-27(21-29)25-12-6-3-7-13-25;1-19-16-22(20-8-12-24(13-9-20)26(2,3)4)18-23(17-19)21-10-14-25(15-11-21)27(5,6)7;1-15-6-4-8-18(10-15)20-12-17(3)13-21(14-20)19-9-5-7-16(2)11-19;1-20(17-11-5-2-6-12-17,18-13-7-3-8-14-18)19-15-9-4-10-16-19;1-13-7-6-12-18-16-9-3-2-8-14(16)15-10-4-5-11-17(15)19(13)18;1-13-10-11-18-16-8-3-2-6-14(16)15-7-4-5-9-17(15)19(18)12-13/h2-22H,1H3;8-18H,1-7H3;4-14H,1-3H3;2-16H,1H3;2*2-12H,1H3. The van der Waals surface area contributed by atoms with Crippen molar-refractivity contribution in [2.24, 2.45) is 0 Å². The van der Waals surface area contributed by atoms with Crippen molar-refractivity contribution in [1.29, 1.82) is 0 Å². The fourth-order valence-electron chi connectivity index (χ4n) is 19.3. The van der Waals surface area contributed by atoms with Gasteiger partial charge in [0.05, 0.1) is 0 Å². The van der Waals surface area contributed by atoms with Crippen LogP contribution in [0.15, 0.2) is 485 Å². The van der Waals surface area contributed by atoms with Crippen LogP contribution in [0.3, 0.4) is 0 Å². The van der Waals surface area contributed by atoms with Gasteiger partial charge in [0, 0.05) is 0 Å². The summed E-state index contributed by atoms with van der Waals surface area (Å²) in [6, 6.07) is 176. The van der Waals surface area contributed by atoms with Crippen molar-refractivity contribution in [2.45, 2.75) is 107 Å². The Bertz CT molecular complexity index is 7450. The van der Waals surface area contributed by atoms with Crippen molar-refractivity contribution in [1.82, 2.24) is 0 Å². The van der Waals surface area contributed by atoms with Gasteiger partial charge in [0.1, 0.15) is 8.07 Å². The first-order valence-electron chi connectivity index (χ1n) is 48.2. The summed E-state index contributed by atoms with van der Waals surface area (Å²) < 4.78 is 0. The highest BCUT2D eigenvalue weighted by Crippen LogP contribution is 2.41. The maximum atomic E-state index is 2.44. The number of fused-ring (bicyclic) bond motifs is 12. The van der Waals surface area contributed by atoms with Gasteiger partial charge in [-0.25, -0.2) is 0 Å². The van der Waals surface area contributed by atoms with Crippen LogP contribution in [0.1, 0.15) is 91.6 Å². The molecule has 1 heteroatoms. The Labute approximate surface area is 814 Å². The molecule has 0 aliphatic carbocycles. The van der Waals surface area contributed by atoms with E-state index in [1.807, 2.05) is 0 Å². The van der Waals surface area contributed by atoms with Gasteiger partial charge in [0.25, 0.3) is 0 Å². The quantitative estimate of drug-likeness (QED) is 0.0688. The lowest BCUT2D eigenvalue weighted by molar-refractivity contribution is 0.590. The lowest BCUT2D eigenvalue weighted by Crippen LogP contribution is -2.64. The van der Waals surface area contributed by atoms with E-state index in [1.165, 1.54) is 219 Å². The zero-order valence-electron chi connectivity index (χ0n) is 81.7. The van der Waals surface area contributed by atoms with E-state index < -0.39 is 8.07 Å². The van der Waals surface area contributed by atoms with Crippen molar-refractivity contribution >= 4 is 88.3 Å². The van der Waals surface area contributed by atoms with Crippen molar-refractivity contribution in [3.8, 4) is 89.0 Å². The molecule has 0 saturated heterocycles. The zero-order chi connectivity index (χ0) is 95.2. The van der Waals surface area contributed by atoms with Gasteiger partial charge in [-0.3, -0.25) is 0 Å². The van der Waals surface area contributed by atoms with Crippen molar-refractivity contribution in [3.05, 3.63) is 535 Å². The Balaban J connectivity index is 0.000000115. The van der Waals surface area contributed by atoms with E-state index in [2.05, 4.69) is 582 Å². The molecule has 22 aromatic rings. The van der Waals surface area contributed by atoms with Crippen LogP contribution in [0.4, 0.5) is 0 Å². The first-order chi connectivity index (χ1) is 66.4. The SMILES string of the molecule is C[Si](c1ccccc1)(c1ccccc1)c1ccccc1.Cc1cc(-c2ccc(C(C)(C)C)cc2)cc(-c2ccc(C(C)(C)C)cc2)c1.Cc1cc(-c2cccc(-c3ccccc3)c2)cc(-c2cccc(-c3ccccc3)c2)c1.Cc1ccc2c3ccccc3c3ccccc3c2c1.Cc1cccc(-c2cc(C)cc(-c3cccc(C)c3)c2)c1.Cc1cccc2c3ccccc3c3ccccc3c12. The number of hydrogen-bond acceptors (Lipinski definition) is 0. The Morgan fingerprint density at radius 1 is 0.146 bits per heavy atom. The smallest absolute Gasteiger partial charge is 0.0624 e. The Hall–Kier alpha value is -15.4. The molecule has 0 heterocycles. The maximum absolute atomic E-state index is 2.44. The molecule has 0 aliphatic heterocycles. The minimum Gasteiger partial charge on any atom is -0.0624 e. The molecule has 137 heavy (non-hydrogen) atoms. The van der Waals surface area contributed by atoms with Crippen LogP contribution in [0, 0.1) is 48.5 Å². The van der Waals surface area contributed by atoms with Crippen LogP contribution >= 0.6 is 0 Å². The third-order valence-corrected chi connectivity index (χ3v) is 31.1. The molecule has 0 amide bonds. The summed E-state index contributed by atoms with van der Waals surface area (Å²) >= 11 is 0. The van der Waals surface area contributed by atoms with Crippen LogP contribution in [-0.4, -0.2) is 8.07 Å². The van der Waals surface area contributed by atoms with Gasteiger partial charge in [-0.1, -0.05) is 520 Å². The average Bonchev–Trinajstić information content (AvgIpc) is 0.755. The molecule has 0 nitrogen and oxygen atoms in total. The van der Waals surface area contributed by atoms with Crippen molar-refractivity contribution < 1.29 is 0 Å². The van der Waals surface area contributed by atoms with E-state index in [1.54, 1.807) is 0 Å². The summed E-state index contributed by atoms with van der Waals surface area (Å²) in [6.07, 6.45) is 0. The lowest BCUT2D eigenvalue weighted by atomic mass is 9.85. The molecule has 0 bridgehead atoms. The number of hydrogen-bond donors (Lipinski definition) is 0. The van der Waals surface area contributed by atoms with E-state index in [-0.39, 0.29) is 10.8 Å². The zero-order valence-corrected chi connectivity index (χ0v) is 82.7. The maximum Gasteiger partial charge on any atom is 0.145 e. The molecule has 0 spiro atoms. The van der Waals surface area contributed by atoms with Crippen molar-refractivity contribution in [2.75, 3.05) is 0 Å². The fraction of sp³-hybridized carbons (Fsp3) is 0.118. The summed E-state index contributed by atoms with van der Waals surface area (Å²) in [7, 11) is -1.88. The molecule has 0 unspecified atom stereocenters. The van der Waals surface area contributed by atoms with Crippen LogP contribution < -0.4 is 15.6 Å². The second kappa shape index (κ2) is 42.0. The molecular formula is C136H122Si. The summed E-state index contributed by atoms with van der Waals surface area (Å²) in [5.74, 6) is 0. The molecule has 22 rings (SSSR count). The molecule has 0 radical (unpaired) electrons. The molecular weight excluding hydrogens is 1660 g/mol. The molecule has 0 aliphatic rings. The number of benzene rings is 22. The van der Waals surface area contributed by atoms with Gasteiger partial charge in [-0.05, 0) is 292 Å². The van der Waals surface area contributed by atoms with E-state index in [9.17, 15) is 0 Å². The molecule has 0 atom stereocenters. The highest BCUT2D eigenvalue weighted by molar-refractivity contribution is 7.10. The second-order valence-corrected chi connectivity index (χ2v) is 43.0. The summed E-state index contributed by atoms with van der Waals surface area (Å²) in [4.78, 5) is 0. The summed E-state index contributed by atoms with van der Waals surface area (Å²) in [6.45, 7) is 31.1. The third-order valence-electron chi connectivity index (χ3n) is 26.6. The monoisotopic (exact) mass is 1780 g/mol. The third kappa shape index (κ3) is 22.0. The predicted molar refractivity (Wildman–Crippen MR) is 601 cm³/mol. The molecule has 22 aromatic carbocycles. The van der Waals surface area contributed by atoms with Gasteiger partial charge in [0.15, 0.2) is 0 Å². The van der Waals surface area contributed by atoms with Gasteiger partial charge in [0.2, 0.25) is 0 Å². The second-order valence-electron chi connectivity index (χ2n) is 39.0. The molecule has 0 N–H and O–H groups in total. The van der Waals surface area contributed by atoms with Gasteiger partial charge in [-0.2, -0.15) is 0 Å². The van der Waals surface area contributed by atoms with E-state index in [4.69, 9.17) is 0 Å². The molecule has 670 valence electrons. The minimum atomic E-state index is -1.88. The van der Waals surface area contributed by atoms with Crippen LogP contribution in [0.2, 0.25) is 6.55 Å². The van der Waals surface area contributed by atoms with Crippen LogP contribution in [0.25, 0.3) is 154 Å². The lowest BCUT2D eigenvalue weighted by Gasteiger charge is -2.29. The highest BCUT2D eigenvalue weighted by Gasteiger charge is 2.34.